The summed E-state index contributed by atoms with van der Waals surface area (Å²) in [5, 5.41) is 4.91. The van der Waals surface area contributed by atoms with Crippen LogP contribution in [0.25, 0.3) is 76.5 Å². The predicted molar refractivity (Wildman–Crippen MR) is 190 cm³/mol. The van der Waals surface area contributed by atoms with E-state index in [9.17, 15) is 0 Å². The van der Waals surface area contributed by atoms with E-state index in [1.165, 1.54) is 59.1 Å². The number of benzene rings is 5. The van der Waals surface area contributed by atoms with Crippen LogP contribution < -0.4 is 0 Å². The average Bonchev–Trinajstić information content (AvgIpc) is 3.71. The van der Waals surface area contributed by atoms with Gasteiger partial charge in [-0.25, -0.2) is 9.97 Å². The summed E-state index contributed by atoms with van der Waals surface area (Å²) in [7, 11) is 0. The number of nitrogens with zero attached hydrogens (tertiary/aromatic N) is 3. The summed E-state index contributed by atoms with van der Waals surface area (Å²) in [6.07, 6.45) is 6.53. The molecule has 4 heteroatoms. The summed E-state index contributed by atoms with van der Waals surface area (Å²) in [5.41, 5.74) is 12.2. The molecule has 2 aliphatic rings. The zero-order valence-corrected chi connectivity index (χ0v) is 26.0. The Bertz CT molecular complexity index is 2560. The first-order valence-electron chi connectivity index (χ1n) is 15.7. The fourth-order valence-corrected chi connectivity index (χ4v) is 9.55. The molecule has 3 aromatic heterocycles. The lowest BCUT2D eigenvalue weighted by atomic mass is 9.81. The maximum atomic E-state index is 5.47. The Morgan fingerprint density at radius 3 is 2.42 bits per heavy atom. The van der Waals surface area contributed by atoms with Gasteiger partial charge in [0.05, 0.1) is 26.9 Å². The van der Waals surface area contributed by atoms with Crippen molar-refractivity contribution in [3.05, 3.63) is 131 Å². The van der Waals surface area contributed by atoms with Crippen molar-refractivity contribution in [1.29, 1.82) is 0 Å². The largest absolute Gasteiger partial charge is 0.276 e. The molecule has 0 aliphatic heterocycles. The second kappa shape index (κ2) is 8.99. The topological polar surface area (TPSA) is 30.7 Å². The van der Waals surface area contributed by atoms with Crippen LogP contribution in [-0.4, -0.2) is 14.5 Å². The first kappa shape index (κ1) is 25.3. The number of rotatable bonds is 2. The standard InChI is InChI=1S/C41H29N3S/c1-41(2)32-18-10-8-17-29(32)38-34(41)30-23-22-28-27-16-9-11-19-33(27)44(37(28)39(30)45-38)40-42-35(25-13-4-3-5-14-25)31-21-20-24-12-6-7-15-26(24)36(31)43-40/h3-6,8-14,16-23H,7,15H2,1-2H3. The molecule has 0 bridgehead atoms. The highest BCUT2D eigenvalue weighted by atomic mass is 32.1. The van der Waals surface area contributed by atoms with Gasteiger partial charge in [0, 0.05) is 32.0 Å². The lowest BCUT2D eigenvalue weighted by Gasteiger charge is -2.21. The van der Waals surface area contributed by atoms with Crippen LogP contribution in [0.1, 0.15) is 42.5 Å². The van der Waals surface area contributed by atoms with Crippen LogP contribution in [0.3, 0.4) is 0 Å². The van der Waals surface area contributed by atoms with E-state index in [1.54, 1.807) is 0 Å². The molecule has 10 rings (SSSR count). The predicted octanol–water partition coefficient (Wildman–Crippen LogP) is 10.9. The van der Waals surface area contributed by atoms with Gasteiger partial charge in [0.2, 0.25) is 5.95 Å². The Hall–Kier alpha value is -5.06. The van der Waals surface area contributed by atoms with E-state index >= 15 is 0 Å². The normalized spacial score (nSPS) is 14.8. The highest BCUT2D eigenvalue weighted by Gasteiger charge is 2.39. The molecule has 2 aliphatic carbocycles. The molecule has 0 saturated heterocycles. The number of fused-ring (bicyclic) bond motifs is 12. The molecule has 0 fully saturated rings. The van der Waals surface area contributed by atoms with Crippen molar-refractivity contribution in [2.75, 3.05) is 0 Å². The first-order valence-corrected chi connectivity index (χ1v) is 16.6. The Kier molecular flexibility index (Phi) is 5.05. The number of para-hydroxylation sites is 1. The van der Waals surface area contributed by atoms with Crippen molar-refractivity contribution >= 4 is 60.2 Å². The summed E-state index contributed by atoms with van der Waals surface area (Å²) >= 11 is 1.93. The van der Waals surface area contributed by atoms with Crippen molar-refractivity contribution in [3.8, 4) is 27.6 Å². The van der Waals surface area contributed by atoms with Gasteiger partial charge in [-0.3, -0.25) is 4.57 Å². The molecule has 8 aromatic rings. The quantitative estimate of drug-likeness (QED) is 0.199. The number of aryl methyl sites for hydroxylation is 1. The van der Waals surface area contributed by atoms with E-state index in [0.717, 1.165) is 46.5 Å². The number of aromatic nitrogens is 3. The Morgan fingerprint density at radius 2 is 1.51 bits per heavy atom. The number of thiophene rings is 1. The minimum atomic E-state index is -0.0682. The summed E-state index contributed by atoms with van der Waals surface area (Å²) in [6, 6.07) is 37.4. The van der Waals surface area contributed by atoms with Crippen LogP contribution in [0.15, 0.2) is 109 Å². The van der Waals surface area contributed by atoms with Crippen LogP contribution in [0.2, 0.25) is 0 Å². The number of hydrogen-bond donors (Lipinski definition) is 0. The van der Waals surface area contributed by atoms with Crippen LogP contribution in [-0.2, 0) is 11.8 Å². The van der Waals surface area contributed by atoms with E-state index in [0.29, 0.717) is 0 Å². The van der Waals surface area contributed by atoms with Crippen molar-refractivity contribution in [1.82, 2.24) is 14.5 Å². The van der Waals surface area contributed by atoms with Gasteiger partial charge in [-0.05, 0) is 58.2 Å². The van der Waals surface area contributed by atoms with Gasteiger partial charge in [-0.1, -0.05) is 117 Å². The fraction of sp³-hybridized carbons (Fsp3) is 0.122. The van der Waals surface area contributed by atoms with Gasteiger partial charge in [0.15, 0.2) is 0 Å². The third-order valence-corrected chi connectivity index (χ3v) is 11.3. The molecule has 45 heavy (non-hydrogen) atoms. The van der Waals surface area contributed by atoms with Gasteiger partial charge in [-0.15, -0.1) is 11.3 Å². The van der Waals surface area contributed by atoms with E-state index < -0.39 is 0 Å². The zero-order valence-electron chi connectivity index (χ0n) is 25.1. The molecule has 0 N–H and O–H groups in total. The molecule has 214 valence electrons. The molecule has 0 amide bonds. The summed E-state index contributed by atoms with van der Waals surface area (Å²) < 4.78 is 3.65. The lowest BCUT2D eigenvalue weighted by molar-refractivity contribution is 0.667. The Labute approximate surface area is 265 Å². The van der Waals surface area contributed by atoms with E-state index in [2.05, 4.69) is 134 Å². The van der Waals surface area contributed by atoms with E-state index in [-0.39, 0.29) is 5.41 Å². The van der Waals surface area contributed by atoms with Crippen LogP contribution >= 0.6 is 11.3 Å². The smallest absolute Gasteiger partial charge is 0.235 e. The Morgan fingerprint density at radius 1 is 0.733 bits per heavy atom. The molecular weight excluding hydrogens is 567 g/mol. The zero-order chi connectivity index (χ0) is 29.9. The molecule has 0 unspecified atom stereocenters. The minimum absolute atomic E-state index is 0.0682. The average molecular weight is 596 g/mol. The van der Waals surface area contributed by atoms with Gasteiger partial charge >= 0.3 is 0 Å². The minimum Gasteiger partial charge on any atom is -0.276 e. The monoisotopic (exact) mass is 595 g/mol. The second-order valence-corrected chi connectivity index (χ2v) is 13.9. The highest BCUT2D eigenvalue weighted by Crippen LogP contribution is 2.56. The molecule has 0 spiro atoms. The van der Waals surface area contributed by atoms with Gasteiger partial charge in [0.1, 0.15) is 0 Å². The highest BCUT2D eigenvalue weighted by molar-refractivity contribution is 7.23. The van der Waals surface area contributed by atoms with Crippen molar-refractivity contribution < 1.29 is 0 Å². The first-order chi connectivity index (χ1) is 22.1. The SMILES string of the molecule is CC1(C)c2ccccc2-c2sc3c(ccc4c5ccccc5n(-c5nc(-c6ccccc6)c6ccc7c(c6n5)CCC=C7)c43)c21. The van der Waals surface area contributed by atoms with Crippen molar-refractivity contribution in [2.45, 2.75) is 32.1 Å². The lowest BCUT2D eigenvalue weighted by Crippen LogP contribution is -2.14. The van der Waals surface area contributed by atoms with Crippen molar-refractivity contribution in [3.63, 3.8) is 0 Å². The molecule has 5 aromatic carbocycles. The van der Waals surface area contributed by atoms with E-state index in [1.807, 2.05) is 11.3 Å². The fourth-order valence-electron chi connectivity index (χ4n) is 8.01. The number of allylic oxidation sites excluding steroid dienone is 1. The molecule has 0 radical (unpaired) electrons. The molecule has 3 nitrogen and oxygen atoms in total. The maximum absolute atomic E-state index is 5.47. The second-order valence-electron chi connectivity index (χ2n) is 12.9. The summed E-state index contributed by atoms with van der Waals surface area (Å²) in [6.45, 7) is 4.75. The van der Waals surface area contributed by atoms with E-state index in [4.69, 9.17) is 9.97 Å². The molecule has 0 atom stereocenters. The van der Waals surface area contributed by atoms with Gasteiger partial charge in [-0.2, -0.15) is 0 Å². The third-order valence-electron chi connectivity index (χ3n) is 10.1. The number of hydrogen-bond acceptors (Lipinski definition) is 3. The van der Waals surface area contributed by atoms with Gasteiger partial charge in [0.25, 0.3) is 0 Å². The molecule has 0 saturated carbocycles. The summed E-state index contributed by atoms with van der Waals surface area (Å²) in [5.74, 6) is 0.733. The molecule has 3 heterocycles. The van der Waals surface area contributed by atoms with Crippen molar-refractivity contribution in [2.24, 2.45) is 0 Å². The van der Waals surface area contributed by atoms with Gasteiger partial charge < -0.3 is 0 Å². The van der Waals surface area contributed by atoms with Crippen LogP contribution in [0.4, 0.5) is 0 Å². The van der Waals surface area contributed by atoms with Crippen LogP contribution in [0.5, 0.6) is 0 Å². The third kappa shape index (κ3) is 3.35. The van der Waals surface area contributed by atoms with Crippen LogP contribution in [0, 0.1) is 0 Å². The summed E-state index contributed by atoms with van der Waals surface area (Å²) in [4.78, 5) is 12.3. The maximum Gasteiger partial charge on any atom is 0.235 e. The Balaban J connectivity index is 1.37. The molecular formula is C41H29N3S.